The highest BCUT2D eigenvalue weighted by Crippen LogP contribution is 2.30. The third-order valence-corrected chi connectivity index (χ3v) is 4.50. The minimum absolute atomic E-state index is 0.0190. The van der Waals surface area contributed by atoms with Gasteiger partial charge in [-0.15, -0.1) is 0 Å². The second kappa shape index (κ2) is 7.11. The fourth-order valence-corrected chi connectivity index (χ4v) is 2.89. The number of carbonyl (C=O) groups excluding carboxylic acids is 3. The highest BCUT2D eigenvalue weighted by Gasteiger charge is 2.29. The fourth-order valence-electron chi connectivity index (χ4n) is 2.89. The molecule has 1 saturated carbocycles. The van der Waals surface area contributed by atoms with Crippen LogP contribution >= 0.6 is 0 Å². The molecule has 138 valence electrons. The molecule has 27 heavy (non-hydrogen) atoms. The SMILES string of the molecule is O=C(COc1cccc(NC(=O)C2CC2)c1)Nc1ccc2c(c1)C(=O)NC2. The Morgan fingerprint density at radius 1 is 1.07 bits per heavy atom. The number of hydrogen-bond acceptors (Lipinski definition) is 4. The number of benzene rings is 2. The van der Waals surface area contributed by atoms with Crippen molar-refractivity contribution in [1.82, 2.24) is 5.32 Å². The monoisotopic (exact) mass is 365 g/mol. The van der Waals surface area contributed by atoms with Crippen LogP contribution in [0.2, 0.25) is 0 Å². The Morgan fingerprint density at radius 3 is 2.70 bits per heavy atom. The van der Waals surface area contributed by atoms with Crippen LogP contribution < -0.4 is 20.7 Å². The molecule has 1 fully saturated rings. The van der Waals surface area contributed by atoms with E-state index in [4.69, 9.17) is 4.74 Å². The first kappa shape index (κ1) is 17.1. The predicted octanol–water partition coefficient (Wildman–Crippen LogP) is 2.30. The zero-order chi connectivity index (χ0) is 18.8. The van der Waals surface area contributed by atoms with Gasteiger partial charge in [0.1, 0.15) is 5.75 Å². The molecule has 3 amide bonds. The summed E-state index contributed by atoms with van der Waals surface area (Å²) in [5, 5.41) is 8.30. The van der Waals surface area contributed by atoms with Crippen molar-refractivity contribution >= 4 is 29.1 Å². The second-order valence-corrected chi connectivity index (χ2v) is 6.68. The summed E-state index contributed by atoms with van der Waals surface area (Å²) in [5.74, 6) is 0.163. The molecule has 2 aromatic rings. The fraction of sp³-hybridized carbons (Fsp3) is 0.250. The number of rotatable bonds is 6. The molecule has 7 nitrogen and oxygen atoms in total. The van der Waals surface area contributed by atoms with Crippen LogP contribution in [0.5, 0.6) is 5.75 Å². The highest BCUT2D eigenvalue weighted by atomic mass is 16.5. The summed E-state index contributed by atoms with van der Waals surface area (Å²) in [6.45, 7) is 0.336. The highest BCUT2D eigenvalue weighted by molar-refractivity contribution is 6.00. The van der Waals surface area contributed by atoms with Gasteiger partial charge in [-0.05, 0) is 42.7 Å². The Balaban J connectivity index is 1.32. The Bertz CT molecular complexity index is 921. The number of ether oxygens (including phenoxy) is 1. The molecule has 0 radical (unpaired) electrons. The third kappa shape index (κ3) is 4.08. The lowest BCUT2D eigenvalue weighted by Crippen LogP contribution is -2.20. The van der Waals surface area contributed by atoms with Crippen LogP contribution in [0.25, 0.3) is 0 Å². The van der Waals surface area contributed by atoms with Crippen LogP contribution in [0, 0.1) is 5.92 Å². The molecule has 1 aliphatic carbocycles. The largest absolute Gasteiger partial charge is 0.484 e. The van der Waals surface area contributed by atoms with Crippen molar-refractivity contribution in [3.05, 3.63) is 53.6 Å². The molecular formula is C20H19N3O4. The van der Waals surface area contributed by atoms with Gasteiger partial charge in [0.15, 0.2) is 6.61 Å². The van der Waals surface area contributed by atoms with Crippen LogP contribution in [0.4, 0.5) is 11.4 Å². The van der Waals surface area contributed by atoms with E-state index in [1.54, 1.807) is 36.4 Å². The standard InChI is InChI=1S/C20H19N3O4/c24-18(22-15-7-6-13-10-21-20(26)17(13)9-15)11-27-16-3-1-2-14(8-16)23-19(25)12-4-5-12/h1-3,6-9,12H,4-5,10-11H2,(H,21,26)(H,22,24)(H,23,25). The predicted molar refractivity (Wildman–Crippen MR) is 99.5 cm³/mol. The van der Waals surface area contributed by atoms with Gasteiger partial charge in [0.25, 0.3) is 11.8 Å². The summed E-state index contributed by atoms with van der Waals surface area (Å²) in [7, 11) is 0. The van der Waals surface area contributed by atoms with Gasteiger partial charge >= 0.3 is 0 Å². The first-order chi connectivity index (χ1) is 13.1. The molecule has 0 atom stereocenters. The Hall–Kier alpha value is -3.35. The maximum absolute atomic E-state index is 12.1. The van der Waals surface area contributed by atoms with Crippen LogP contribution in [0.15, 0.2) is 42.5 Å². The van der Waals surface area contributed by atoms with Crippen LogP contribution in [0.1, 0.15) is 28.8 Å². The molecular weight excluding hydrogens is 346 g/mol. The lowest BCUT2D eigenvalue weighted by molar-refractivity contribution is -0.118. The van der Waals surface area contributed by atoms with Crippen molar-refractivity contribution in [2.75, 3.05) is 17.2 Å². The van der Waals surface area contributed by atoms with Gasteiger partial charge in [-0.3, -0.25) is 14.4 Å². The maximum Gasteiger partial charge on any atom is 0.262 e. The number of fused-ring (bicyclic) bond motifs is 1. The van der Waals surface area contributed by atoms with Crippen molar-refractivity contribution < 1.29 is 19.1 Å². The van der Waals surface area contributed by atoms with Crippen LogP contribution in [0.3, 0.4) is 0 Å². The van der Waals surface area contributed by atoms with Crippen molar-refractivity contribution in [3.8, 4) is 5.75 Å². The Kier molecular flexibility index (Phi) is 4.50. The third-order valence-electron chi connectivity index (χ3n) is 4.50. The second-order valence-electron chi connectivity index (χ2n) is 6.68. The quantitative estimate of drug-likeness (QED) is 0.732. The number of amides is 3. The molecule has 1 aliphatic heterocycles. The molecule has 0 aromatic heterocycles. The van der Waals surface area contributed by atoms with Gasteiger partial charge < -0.3 is 20.7 Å². The van der Waals surface area contributed by atoms with E-state index in [-0.39, 0.29) is 30.2 Å². The smallest absolute Gasteiger partial charge is 0.262 e. The van der Waals surface area contributed by atoms with Gasteiger partial charge in [0.05, 0.1) is 0 Å². The zero-order valence-electron chi connectivity index (χ0n) is 14.6. The minimum atomic E-state index is -0.333. The first-order valence-corrected chi connectivity index (χ1v) is 8.83. The Labute approximate surface area is 156 Å². The summed E-state index contributed by atoms with van der Waals surface area (Å²) in [6, 6.07) is 12.2. The van der Waals surface area contributed by atoms with Gasteiger partial charge in [0, 0.05) is 35.5 Å². The summed E-state index contributed by atoms with van der Waals surface area (Å²) < 4.78 is 5.51. The summed E-state index contributed by atoms with van der Waals surface area (Å²) in [4.78, 5) is 35.6. The summed E-state index contributed by atoms with van der Waals surface area (Å²) >= 11 is 0. The Morgan fingerprint density at radius 2 is 1.89 bits per heavy atom. The molecule has 2 aliphatic rings. The van der Waals surface area contributed by atoms with Gasteiger partial charge in [0.2, 0.25) is 5.91 Å². The van der Waals surface area contributed by atoms with Gasteiger partial charge in [-0.1, -0.05) is 12.1 Å². The lowest BCUT2D eigenvalue weighted by atomic mass is 10.1. The van der Waals surface area contributed by atoms with Crippen molar-refractivity contribution in [1.29, 1.82) is 0 Å². The average molecular weight is 365 g/mol. The van der Waals surface area contributed by atoms with Crippen LogP contribution in [-0.4, -0.2) is 24.3 Å². The van der Waals surface area contributed by atoms with Gasteiger partial charge in [-0.2, -0.15) is 0 Å². The van der Waals surface area contributed by atoms with Crippen LogP contribution in [-0.2, 0) is 16.1 Å². The minimum Gasteiger partial charge on any atom is -0.484 e. The normalized spacial score (nSPS) is 14.9. The topological polar surface area (TPSA) is 96.5 Å². The first-order valence-electron chi connectivity index (χ1n) is 8.83. The van der Waals surface area contributed by atoms with Crippen molar-refractivity contribution in [2.24, 2.45) is 5.92 Å². The van der Waals surface area contributed by atoms with E-state index >= 15 is 0 Å². The molecule has 0 bridgehead atoms. The van der Waals surface area contributed by atoms with Gasteiger partial charge in [-0.25, -0.2) is 0 Å². The summed E-state index contributed by atoms with van der Waals surface area (Å²) in [5.41, 5.74) is 2.69. The van der Waals surface area contributed by atoms with Crippen molar-refractivity contribution in [2.45, 2.75) is 19.4 Å². The average Bonchev–Trinajstić information content (AvgIpc) is 3.45. The molecule has 0 unspecified atom stereocenters. The lowest BCUT2D eigenvalue weighted by Gasteiger charge is -2.10. The summed E-state index contributed by atoms with van der Waals surface area (Å²) in [6.07, 6.45) is 1.87. The number of anilines is 2. The van der Waals surface area contributed by atoms with E-state index < -0.39 is 0 Å². The maximum atomic E-state index is 12.1. The molecule has 4 rings (SSSR count). The molecule has 7 heteroatoms. The number of carbonyl (C=O) groups is 3. The van der Waals surface area contributed by atoms with E-state index in [0.717, 1.165) is 18.4 Å². The molecule has 1 heterocycles. The number of hydrogen-bond donors (Lipinski definition) is 3. The van der Waals surface area contributed by atoms with E-state index in [1.807, 2.05) is 6.07 Å². The molecule has 0 spiro atoms. The van der Waals surface area contributed by atoms with E-state index in [9.17, 15) is 14.4 Å². The van der Waals surface area contributed by atoms with E-state index in [0.29, 0.717) is 29.2 Å². The number of nitrogens with one attached hydrogen (secondary N) is 3. The molecule has 3 N–H and O–H groups in total. The van der Waals surface area contributed by atoms with E-state index in [1.165, 1.54) is 0 Å². The zero-order valence-corrected chi connectivity index (χ0v) is 14.6. The van der Waals surface area contributed by atoms with E-state index in [2.05, 4.69) is 16.0 Å². The molecule has 2 aromatic carbocycles. The van der Waals surface area contributed by atoms with Crippen molar-refractivity contribution in [3.63, 3.8) is 0 Å². The molecule has 0 saturated heterocycles.